The summed E-state index contributed by atoms with van der Waals surface area (Å²) in [5.74, 6) is 0.779. The van der Waals surface area contributed by atoms with Gasteiger partial charge in [0, 0.05) is 6.54 Å². The Bertz CT molecular complexity index is 569. The van der Waals surface area contributed by atoms with Crippen LogP contribution in [0.5, 0.6) is 0 Å². The van der Waals surface area contributed by atoms with Crippen molar-refractivity contribution >= 4 is 5.57 Å². The second-order valence-electron chi connectivity index (χ2n) is 8.08. The number of benzene rings is 1. The lowest BCUT2D eigenvalue weighted by Gasteiger charge is -2.53. The Hall–Kier alpha value is -1.08. The average molecular weight is 297 g/mol. The van der Waals surface area contributed by atoms with Crippen LogP contribution in [-0.4, -0.2) is 13.1 Å². The van der Waals surface area contributed by atoms with E-state index in [2.05, 4.69) is 63.4 Å². The van der Waals surface area contributed by atoms with Crippen molar-refractivity contribution < 1.29 is 0 Å². The maximum atomic E-state index is 3.44. The van der Waals surface area contributed by atoms with Crippen LogP contribution in [-0.2, 0) is 5.41 Å². The minimum atomic E-state index is 0.271. The molecule has 1 heterocycles. The van der Waals surface area contributed by atoms with Crippen LogP contribution >= 0.6 is 0 Å². The fourth-order valence-electron chi connectivity index (χ4n) is 4.58. The van der Waals surface area contributed by atoms with Crippen LogP contribution in [0.2, 0.25) is 0 Å². The zero-order chi connectivity index (χ0) is 15.8. The summed E-state index contributed by atoms with van der Waals surface area (Å²) in [6.45, 7) is 12.1. The lowest BCUT2D eigenvalue weighted by atomic mass is 9.51. The standard InChI is InChI=1S/C21H31N/c1-16-8-7-13-21(4,20(16,2)3)19-10-6-5-9-18(19)17-11-14-22-15-12-17/h5-6,9-11,16,22H,7-8,12-15H2,1-4H3. The van der Waals surface area contributed by atoms with Gasteiger partial charge in [0.25, 0.3) is 0 Å². The number of hydrogen-bond donors (Lipinski definition) is 1. The molecular weight excluding hydrogens is 266 g/mol. The maximum absolute atomic E-state index is 3.44. The van der Waals surface area contributed by atoms with Crippen molar-refractivity contribution in [3.05, 3.63) is 41.5 Å². The van der Waals surface area contributed by atoms with Crippen molar-refractivity contribution in [3.8, 4) is 0 Å². The fraction of sp³-hybridized carbons (Fsp3) is 0.619. The Morgan fingerprint density at radius 3 is 2.64 bits per heavy atom. The second-order valence-corrected chi connectivity index (χ2v) is 8.08. The molecule has 2 unspecified atom stereocenters. The fourth-order valence-corrected chi connectivity index (χ4v) is 4.58. The van der Waals surface area contributed by atoms with E-state index in [0.717, 1.165) is 25.4 Å². The Morgan fingerprint density at radius 1 is 1.14 bits per heavy atom. The summed E-state index contributed by atoms with van der Waals surface area (Å²) in [7, 11) is 0. The van der Waals surface area contributed by atoms with E-state index in [1.807, 2.05) is 0 Å². The van der Waals surface area contributed by atoms with Gasteiger partial charge >= 0.3 is 0 Å². The first-order chi connectivity index (χ1) is 10.5. The van der Waals surface area contributed by atoms with Gasteiger partial charge < -0.3 is 5.32 Å². The zero-order valence-corrected chi connectivity index (χ0v) is 14.7. The summed E-state index contributed by atoms with van der Waals surface area (Å²) >= 11 is 0. The van der Waals surface area contributed by atoms with E-state index in [-0.39, 0.29) is 5.41 Å². The first-order valence-corrected chi connectivity index (χ1v) is 8.96. The van der Waals surface area contributed by atoms with Crippen molar-refractivity contribution in [1.29, 1.82) is 0 Å². The molecule has 0 bridgehead atoms. The minimum absolute atomic E-state index is 0.271. The summed E-state index contributed by atoms with van der Waals surface area (Å²) in [6.07, 6.45) is 7.59. The minimum Gasteiger partial charge on any atom is -0.313 e. The van der Waals surface area contributed by atoms with E-state index >= 15 is 0 Å². The van der Waals surface area contributed by atoms with E-state index in [1.54, 1.807) is 11.1 Å². The van der Waals surface area contributed by atoms with E-state index in [1.165, 1.54) is 24.8 Å². The summed E-state index contributed by atoms with van der Waals surface area (Å²) in [5.41, 5.74) is 5.25. The molecule has 3 rings (SSSR count). The average Bonchev–Trinajstić information content (AvgIpc) is 2.54. The van der Waals surface area contributed by atoms with Crippen LogP contribution in [0.4, 0.5) is 0 Å². The molecule has 1 nitrogen and oxygen atoms in total. The highest BCUT2D eigenvalue weighted by molar-refractivity contribution is 5.70. The van der Waals surface area contributed by atoms with Gasteiger partial charge in [-0.15, -0.1) is 0 Å². The molecule has 0 spiro atoms. The molecule has 0 aromatic heterocycles. The maximum Gasteiger partial charge on any atom is 0.0140 e. The molecule has 1 N–H and O–H groups in total. The quantitative estimate of drug-likeness (QED) is 0.794. The van der Waals surface area contributed by atoms with Crippen LogP contribution in [0.15, 0.2) is 30.3 Å². The summed E-state index contributed by atoms with van der Waals surface area (Å²) in [5, 5.41) is 3.44. The van der Waals surface area contributed by atoms with Gasteiger partial charge in [-0.05, 0) is 52.8 Å². The number of hydrogen-bond acceptors (Lipinski definition) is 1. The Morgan fingerprint density at radius 2 is 1.91 bits per heavy atom. The molecule has 0 amide bonds. The molecule has 0 radical (unpaired) electrons. The third-order valence-corrected chi connectivity index (χ3v) is 6.90. The topological polar surface area (TPSA) is 12.0 Å². The van der Waals surface area contributed by atoms with Crippen LogP contribution in [0, 0.1) is 11.3 Å². The Labute approximate surface area is 136 Å². The van der Waals surface area contributed by atoms with Gasteiger partial charge in [-0.25, -0.2) is 0 Å². The SMILES string of the molecule is CC1CCCC(C)(c2ccccc2C2=CCNCC2)C1(C)C. The van der Waals surface area contributed by atoms with E-state index in [9.17, 15) is 0 Å². The van der Waals surface area contributed by atoms with Crippen LogP contribution in [0.1, 0.15) is 64.5 Å². The first kappa shape index (κ1) is 15.8. The van der Waals surface area contributed by atoms with Crippen molar-refractivity contribution in [2.45, 2.75) is 58.8 Å². The van der Waals surface area contributed by atoms with Gasteiger partial charge in [0.05, 0.1) is 0 Å². The van der Waals surface area contributed by atoms with Crippen LogP contribution < -0.4 is 5.32 Å². The zero-order valence-electron chi connectivity index (χ0n) is 14.7. The molecule has 120 valence electrons. The summed E-state index contributed by atoms with van der Waals surface area (Å²) < 4.78 is 0. The summed E-state index contributed by atoms with van der Waals surface area (Å²) in [6, 6.07) is 9.20. The Balaban J connectivity index is 2.09. The third-order valence-electron chi connectivity index (χ3n) is 6.90. The molecule has 1 aromatic rings. The van der Waals surface area contributed by atoms with E-state index in [0.29, 0.717) is 5.41 Å². The lowest BCUT2D eigenvalue weighted by molar-refractivity contribution is 0.0474. The van der Waals surface area contributed by atoms with Gasteiger partial charge in [-0.2, -0.15) is 0 Å². The van der Waals surface area contributed by atoms with Gasteiger partial charge in [0.15, 0.2) is 0 Å². The highest BCUT2D eigenvalue weighted by Crippen LogP contribution is 2.55. The predicted octanol–water partition coefficient (Wildman–Crippen LogP) is 5.17. The van der Waals surface area contributed by atoms with Crippen LogP contribution in [0.3, 0.4) is 0 Å². The molecular formula is C21H31N. The summed E-state index contributed by atoms with van der Waals surface area (Å²) in [4.78, 5) is 0. The first-order valence-electron chi connectivity index (χ1n) is 8.96. The Kier molecular flexibility index (Phi) is 4.20. The van der Waals surface area contributed by atoms with Crippen molar-refractivity contribution in [2.24, 2.45) is 11.3 Å². The van der Waals surface area contributed by atoms with E-state index < -0.39 is 0 Å². The van der Waals surface area contributed by atoms with Gasteiger partial charge in [0.2, 0.25) is 0 Å². The monoisotopic (exact) mass is 297 g/mol. The highest BCUT2D eigenvalue weighted by atomic mass is 14.8. The predicted molar refractivity (Wildman–Crippen MR) is 96.1 cm³/mol. The highest BCUT2D eigenvalue weighted by Gasteiger charge is 2.48. The van der Waals surface area contributed by atoms with E-state index in [4.69, 9.17) is 0 Å². The molecule has 1 heteroatoms. The van der Waals surface area contributed by atoms with Gasteiger partial charge in [-0.1, -0.05) is 70.9 Å². The lowest BCUT2D eigenvalue weighted by Crippen LogP contribution is -2.47. The molecule has 0 saturated heterocycles. The number of rotatable bonds is 2. The van der Waals surface area contributed by atoms with Gasteiger partial charge in [0.1, 0.15) is 0 Å². The molecule has 1 fully saturated rings. The molecule has 1 aliphatic carbocycles. The molecule has 22 heavy (non-hydrogen) atoms. The molecule has 2 aliphatic rings. The van der Waals surface area contributed by atoms with Crippen LogP contribution in [0.25, 0.3) is 5.57 Å². The number of nitrogens with one attached hydrogen (secondary N) is 1. The molecule has 1 aliphatic heterocycles. The second kappa shape index (κ2) is 5.85. The van der Waals surface area contributed by atoms with Crippen molar-refractivity contribution in [2.75, 3.05) is 13.1 Å². The van der Waals surface area contributed by atoms with Gasteiger partial charge in [-0.3, -0.25) is 0 Å². The molecule has 1 saturated carbocycles. The van der Waals surface area contributed by atoms with Crippen molar-refractivity contribution in [3.63, 3.8) is 0 Å². The normalized spacial score (nSPS) is 31.6. The smallest absolute Gasteiger partial charge is 0.0140 e. The molecule has 2 atom stereocenters. The largest absolute Gasteiger partial charge is 0.313 e. The third kappa shape index (κ3) is 2.44. The molecule has 1 aromatic carbocycles. The van der Waals surface area contributed by atoms with Crippen molar-refractivity contribution in [1.82, 2.24) is 5.32 Å².